The first-order valence-electron chi connectivity index (χ1n) is 4.14. The van der Waals surface area contributed by atoms with Gasteiger partial charge in [0.25, 0.3) is 0 Å². The molecule has 0 heterocycles. The van der Waals surface area contributed by atoms with Crippen molar-refractivity contribution < 1.29 is 4.74 Å². The maximum atomic E-state index is 5.56. The van der Waals surface area contributed by atoms with Crippen LogP contribution in [0.3, 0.4) is 0 Å². The zero-order chi connectivity index (χ0) is 8.81. The van der Waals surface area contributed by atoms with Crippen molar-refractivity contribution in [3.05, 3.63) is 24.3 Å². The Kier molecular flexibility index (Phi) is 4.01. The van der Waals surface area contributed by atoms with Crippen LogP contribution >= 0.6 is 11.8 Å². The number of ether oxygens (including phenoxy) is 1. The molecule has 0 saturated carbocycles. The van der Waals surface area contributed by atoms with Gasteiger partial charge in [-0.2, -0.15) is 0 Å². The number of hydrogen-bond donors (Lipinski definition) is 0. The summed E-state index contributed by atoms with van der Waals surface area (Å²) in [6.07, 6.45) is 3.12. The van der Waals surface area contributed by atoms with Crippen LogP contribution in [0.25, 0.3) is 0 Å². The molecule has 0 N–H and O–H groups in total. The number of rotatable bonds is 4. The molecule has 0 atom stereocenters. The van der Waals surface area contributed by atoms with Gasteiger partial charge in [-0.15, -0.1) is 11.8 Å². The summed E-state index contributed by atoms with van der Waals surface area (Å²) < 4.78 is 5.56. The second kappa shape index (κ2) is 5.09. The monoisotopic (exact) mass is 182 g/mol. The first-order valence-corrected chi connectivity index (χ1v) is 5.36. The zero-order valence-electron chi connectivity index (χ0n) is 7.54. The van der Waals surface area contributed by atoms with Gasteiger partial charge >= 0.3 is 0 Å². The Hall–Kier alpha value is -0.630. The number of hydrogen-bond acceptors (Lipinski definition) is 2. The van der Waals surface area contributed by atoms with Gasteiger partial charge in [-0.1, -0.05) is 19.1 Å². The molecule has 0 radical (unpaired) electrons. The van der Waals surface area contributed by atoms with Crippen molar-refractivity contribution in [2.75, 3.05) is 12.9 Å². The summed E-state index contributed by atoms with van der Waals surface area (Å²) in [6, 6.07) is 8.13. The van der Waals surface area contributed by atoms with E-state index in [1.54, 1.807) is 11.8 Å². The highest BCUT2D eigenvalue weighted by Gasteiger charge is 1.98. The molecular formula is C10H14OS. The van der Waals surface area contributed by atoms with Crippen molar-refractivity contribution in [3.8, 4) is 5.75 Å². The topological polar surface area (TPSA) is 9.23 Å². The van der Waals surface area contributed by atoms with E-state index in [9.17, 15) is 0 Å². The maximum absolute atomic E-state index is 5.56. The fourth-order valence-electron chi connectivity index (χ4n) is 0.950. The van der Waals surface area contributed by atoms with Gasteiger partial charge in [-0.25, -0.2) is 0 Å². The highest BCUT2D eigenvalue weighted by Crippen LogP contribution is 2.26. The van der Waals surface area contributed by atoms with E-state index in [0.717, 1.165) is 18.8 Å². The SMILES string of the molecule is CCCOc1ccccc1SC. The van der Waals surface area contributed by atoms with Crippen LogP contribution < -0.4 is 4.74 Å². The van der Waals surface area contributed by atoms with E-state index in [-0.39, 0.29) is 0 Å². The minimum absolute atomic E-state index is 0.803. The molecule has 0 amide bonds. The lowest BCUT2D eigenvalue weighted by Gasteiger charge is -2.07. The molecule has 0 spiro atoms. The minimum atomic E-state index is 0.803. The lowest BCUT2D eigenvalue weighted by Crippen LogP contribution is -1.95. The first kappa shape index (κ1) is 9.46. The molecule has 1 aromatic carbocycles. The van der Waals surface area contributed by atoms with Crippen LogP contribution in [0, 0.1) is 0 Å². The van der Waals surface area contributed by atoms with Gasteiger partial charge in [0.15, 0.2) is 0 Å². The molecule has 0 unspecified atom stereocenters. The molecular weight excluding hydrogens is 168 g/mol. The van der Waals surface area contributed by atoms with Gasteiger partial charge in [0.1, 0.15) is 5.75 Å². The van der Waals surface area contributed by atoms with Crippen molar-refractivity contribution in [2.24, 2.45) is 0 Å². The molecule has 1 aromatic rings. The van der Waals surface area contributed by atoms with Crippen molar-refractivity contribution in [2.45, 2.75) is 18.2 Å². The largest absolute Gasteiger partial charge is 0.492 e. The van der Waals surface area contributed by atoms with Crippen molar-refractivity contribution in [3.63, 3.8) is 0 Å². The zero-order valence-corrected chi connectivity index (χ0v) is 8.36. The van der Waals surface area contributed by atoms with Crippen LogP contribution in [0.5, 0.6) is 5.75 Å². The van der Waals surface area contributed by atoms with E-state index in [1.165, 1.54) is 4.90 Å². The smallest absolute Gasteiger partial charge is 0.132 e. The summed E-state index contributed by atoms with van der Waals surface area (Å²) in [6.45, 7) is 2.92. The average molecular weight is 182 g/mol. The van der Waals surface area contributed by atoms with E-state index in [0.29, 0.717) is 0 Å². The van der Waals surface area contributed by atoms with E-state index in [1.807, 2.05) is 18.2 Å². The van der Waals surface area contributed by atoms with Crippen LogP contribution in [0.2, 0.25) is 0 Å². The van der Waals surface area contributed by atoms with Crippen molar-refractivity contribution in [1.29, 1.82) is 0 Å². The molecule has 2 heteroatoms. The Bertz CT molecular complexity index is 235. The summed E-state index contributed by atoms with van der Waals surface area (Å²) in [7, 11) is 0. The Morgan fingerprint density at radius 3 is 2.75 bits per heavy atom. The number of para-hydroxylation sites is 1. The second-order valence-corrected chi connectivity index (χ2v) is 3.35. The Morgan fingerprint density at radius 2 is 2.08 bits per heavy atom. The molecule has 0 bridgehead atoms. The highest BCUT2D eigenvalue weighted by molar-refractivity contribution is 7.98. The molecule has 1 rings (SSSR count). The Labute approximate surface area is 78.1 Å². The number of benzene rings is 1. The number of thioether (sulfide) groups is 1. The lowest BCUT2D eigenvalue weighted by molar-refractivity contribution is 0.310. The van der Waals surface area contributed by atoms with E-state index in [2.05, 4.69) is 19.2 Å². The lowest BCUT2D eigenvalue weighted by atomic mass is 10.3. The first-order chi connectivity index (χ1) is 5.88. The summed E-state index contributed by atoms with van der Waals surface area (Å²) >= 11 is 1.72. The molecule has 1 nitrogen and oxygen atoms in total. The maximum Gasteiger partial charge on any atom is 0.132 e. The van der Waals surface area contributed by atoms with Gasteiger partial charge in [-0.3, -0.25) is 0 Å². The highest BCUT2D eigenvalue weighted by atomic mass is 32.2. The van der Waals surface area contributed by atoms with Gasteiger partial charge in [0, 0.05) is 4.90 Å². The molecule has 0 fully saturated rings. The quantitative estimate of drug-likeness (QED) is 0.661. The van der Waals surface area contributed by atoms with Gasteiger partial charge < -0.3 is 4.74 Å². The van der Waals surface area contributed by atoms with Crippen molar-refractivity contribution in [1.82, 2.24) is 0 Å². The van der Waals surface area contributed by atoms with E-state index < -0.39 is 0 Å². The summed E-state index contributed by atoms with van der Waals surface area (Å²) in [4.78, 5) is 1.21. The third kappa shape index (κ3) is 2.45. The normalized spacial score (nSPS) is 9.83. The standard InChI is InChI=1S/C10H14OS/c1-3-8-11-9-6-4-5-7-10(9)12-2/h4-7H,3,8H2,1-2H3. The summed E-state index contributed by atoms with van der Waals surface area (Å²) in [5.74, 6) is 1.01. The second-order valence-electron chi connectivity index (χ2n) is 2.50. The Morgan fingerprint density at radius 1 is 1.33 bits per heavy atom. The Balaban J connectivity index is 2.68. The summed E-state index contributed by atoms with van der Waals surface area (Å²) in [5, 5.41) is 0. The fraction of sp³-hybridized carbons (Fsp3) is 0.400. The fourth-order valence-corrected chi connectivity index (χ4v) is 1.49. The van der Waals surface area contributed by atoms with Crippen LogP contribution in [0.4, 0.5) is 0 Å². The van der Waals surface area contributed by atoms with E-state index in [4.69, 9.17) is 4.74 Å². The molecule has 0 aromatic heterocycles. The third-order valence-corrected chi connectivity index (χ3v) is 2.31. The molecule has 0 saturated heterocycles. The van der Waals surface area contributed by atoms with Crippen molar-refractivity contribution >= 4 is 11.8 Å². The van der Waals surface area contributed by atoms with Crippen LogP contribution in [0.15, 0.2) is 29.2 Å². The average Bonchev–Trinajstić information content (AvgIpc) is 2.15. The van der Waals surface area contributed by atoms with Gasteiger partial charge in [0.2, 0.25) is 0 Å². The van der Waals surface area contributed by atoms with Crippen LogP contribution in [-0.4, -0.2) is 12.9 Å². The predicted molar refractivity (Wildman–Crippen MR) is 54.0 cm³/mol. The van der Waals surface area contributed by atoms with Gasteiger partial charge in [0.05, 0.1) is 6.61 Å². The molecule has 12 heavy (non-hydrogen) atoms. The summed E-state index contributed by atoms with van der Waals surface area (Å²) in [5.41, 5.74) is 0. The van der Waals surface area contributed by atoms with Crippen LogP contribution in [-0.2, 0) is 0 Å². The molecule has 66 valence electrons. The molecule has 0 aliphatic carbocycles. The molecule has 0 aliphatic rings. The molecule has 0 aliphatic heterocycles. The van der Waals surface area contributed by atoms with Crippen LogP contribution in [0.1, 0.15) is 13.3 Å². The third-order valence-electron chi connectivity index (χ3n) is 1.53. The van der Waals surface area contributed by atoms with Gasteiger partial charge in [-0.05, 0) is 24.8 Å². The van der Waals surface area contributed by atoms with E-state index >= 15 is 0 Å². The minimum Gasteiger partial charge on any atom is -0.492 e. The predicted octanol–water partition coefficient (Wildman–Crippen LogP) is 3.20.